The van der Waals surface area contributed by atoms with Gasteiger partial charge in [-0.25, -0.2) is 0 Å². The molecular formula is C70H110O6. The van der Waals surface area contributed by atoms with Gasteiger partial charge in [-0.2, -0.15) is 0 Å². The van der Waals surface area contributed by atoms with Crippen molar-refractivity contribution >= 4 is 17.9 Å². The van der Waals surface area contributed by atoms with Gasteiger partial charge in [0, 0.05) is 19.3 Å². The summed E-state index contributed by atoms with van der Waals surface area (Å²) in [4.78, 5) is 38.2. The van der Waals surface area contributed by atoms with Crippen LogP contribution in [0.4, 0.5) is 0 Å². The van der Waals surface area contributed by atoms with Crippen LogP contribution in [0.25, 0.3) is 0 Å². The SMILES string of the molecule is CC/C=C\C/C=C\C/C=C\C/C=C\C/C=C\C/C=C\C/C=C\CCCCCC(=O)OCC(COC(=O)CCCCCCCCCCCCCC)OC(=O)CCCC/C=C\C/C=C\C/C=C\C/C=C\C/C=C\C/C=C\CC. The van der Waals surface area contributed by atoms with E-state index in [1.54, 1.807) is 0 Å². The number of esters is 3. The van der Waals surface area contributed by atoms with Crippen LogP contribution in [0.3, 0.4) is 0 Å². The zero-order valence-corrected chi connectivity index (χ0v) is 48.7. The minimum Gasteiger partial charge on any atom is -0.462 e. The zero-order chi connectivity index (χ0) is 55.0. The molecule has 0 aliphatic heterocycles. The van der Waals surface area contributed by atoms with Crippen molar-refractivity contribution in [2.75, 3.05) is 13.2 Å². The largest absolute Gasteiger partial charge is 0.462 e. The fourth-order valence-corrected chi connectivity index (χ4v) is 7.78. The third-order valence-electron chi connectivity index (χ3n) is 12.3. The number of allylic oxidation sites excluding steroid dienone is 26. The van der Waals surface area contributed by atoms with E-state index in [0.29, 0.717) is 19.3 Å². The molecule has 0 aromatic rings. The lowest BCUT2D eigenvalue weighted by atomic mass is 10.0. The summed E-state index contributed by atoms with van der Waals surface area (Å²) in [5, 5.41) is 0. The average Bonchev–Trinajstić information content (AvgIpc) is 3.42. The number of hydrogen-bond donors (Lipinski definition) is 0. The van der Waals surface area contributed by atoms with Gasteiger partial charge in [-0.3, -0.25) is 14.4 Å². The Morgan fingerprint density at radius 1 is 0.276 bits per heavy atom. The molecule has 0 rings (SSSR count). The standard InChI is InChI=1S/C70H110O6/c1-4-7-10-13-16-19-22-25-27-29-31-33-34-35-36-38-39-41-43-45-48-51-54-57-60-63-69(72)75-66-67(65-74-68(71)62-59-56-53-50-47-24-21-18-15-12-9-6-3)76-70(73)64-61-58-55-52-49-46-44-42-40-37-32-30-28-26-23-20-17-14-11-8-5-2/h7-8,10-11,16-17,19-20,25-28,31-33,35-37,39,41-42,44-45,48-49,52,67H,4-6,9,12-15,18,21-24,29-30,34,38,40,43,46-47,50-51,53-66H2,1-3H3/b10-7-,11-8-,19-16-,20-17-,27-25-,28-26-,33-31-,36-35-,37-32-,41-39-,44-42-,48-45-,52-49-. The van der Waals surface area contributed by atoms with Crippen LogP contribution in [0, 0.1) is 0 Å². The number of hydrogen-bond acceptors (Lipinski definition) is 6. The molecule has 6 heteroatoms. The number of rotatable bonds is 53. The quantitative estimate of drug-likeness (QED) is 0.0261. The maximum absolute atomic E-state index is 12.9. The Balaban J connectivity index is 4.51. The summed E-state index contributed by atoms with van der Waals surface area (Å²) in [5.74, 6) is -0.995. The van der Waals surface area contributed by atoms with Crippen molar-refractivity contribution in [2.45, 2.75) is 252 Å². The Morgan fingerprint density at radius 3 is 0.829 bits per heavy atom. The van der Waals surface area contributed by atoms with Crippen molar-refractivity contribution in [2.24, 2.45) is 0 Å². The summed E-state index contributed by atoms with van der Waals surface area (Å²) in [6.45, 7) is 6.34. The number of carbonyl (C=O) groups is 3. The molecule has 0 aliphatic rings. The predicted octanol–water partition coefficient (Wildman–Crippen LogP) is 20.9. The Labute approximate surface area is 467 Å². The lowest BCUT2D eigenvalue weighted by Crippen LogP contribution is -2.30. The third-order valence-corrected chi connectivity index (χ3v) is 12.3. The Bertz CT molecular complexity index is 1720. The van der Waals surface area contributed by atoms with Crippen LogP contribution >= 0.6 is 0 Å². The molecule has 0 aromatic heterocycles. The summed E-state index contributed by atoms with van der Waals surface area (Å²) in [6, 6.07) is 0. The Hall–Kier alpha value is -4.97. The second-order valence-electron chi connectivity index (χ2n) is 19.5. The maximum Gasteiger partial charge on any atom is 0.306 e. The first kappa shape index (κ1) is 71.0. The van der Waals surface area contributed by atoms with E-state index >= 15 is 0 Å². The van der Waals surface area contributed by atoms with Gasteiger partial charge in [0.15, 0.2) is 6.10 Å². The average molecular weight is 1050 g/mol. The molecule has 0 aromatic carbocycles. The van der Waals surface area contributed by atoms with Crippen LogP contribution in [0.15, 0.2) is 158 Å². The highest BCUT2D eigenvalue weighted by Crippen LogP contribution is 2.14. The molecule has 0 fully saturated rings. The van der Waals surface area contributed by atoms with E-state index in [4.69, 9.17) is 14.2 Å². The molecule has 0 amide bonds. The monoisotopic (exact) mass is 1050 g/mol. The minimum atomic E-state index is -0.822. The van der Waals surface area contributed by atoms with E-state index < -0.39 is 6.10 Å². The first-order valence-corrected chi connectivity index (χ1v) is 30.5. The lowest BCUT2D eigenvalue weighted by molar-refractivity contribution is -0.167. The molecule has 0 N–H and O–H groups in total. The molecule has 0 heterocycles. The molecule has 6 nitrogen and oxygen atoms in total. The molecular weight excluding hydrogens is 937 g/mol. The van der Waals surface area contributed by atoms with E-state index in [0.717, 1.165) is 141 Å². The summed E-state index contributed by atoms with van der Waals surface area (Å²) >= 11 is 0. The van der Waals surface area contributed by atoms with Gasteiger partial charge in [0.05, 0.1) is 0 Å². The molecule has 1 unspecified atom stereocenters. The fourth-order valence-electron chi connectivity index (χ4n) is 7.78. The van der Waals surface area contributed by atoms with Gasteiger partial charge in [-0.15, -0.1) is 0 Å². The summed E-state index contributed by atoms with van der Waals surface area (Å²) in [5.41, 5.74) is 0. The highest BCUT2D eigenvalue weighted by atomic mass is 16.6. The van der Waals surface area contributed by atoms with E-state index in [9.17, 15) is 14.4 Å². The van der Waals surface area contributed by atoms with E-state index in [1.165, 1.54) is 57.8 Å². The molecule has 0 radical (unpaired) electrons. The topological polar surface area (TPSA) is 78.9 Å². The van der Waals surface area contributed by atoms with Crippen LogP contribution in [0.1, 0.15) is 245 Å². The number of ether oxygens (including phenoxy) is 3. The van der Waals surface area contributed by atoms with Crippen LogP contribution < -0.4 is 0 Å². The van der Waals surface area contributed by atoms with Crippen molar-refractivity contribution < 1.29 is 28.6 Å². The Kier molecular flexibility index (Phi) is 58.5. The predicted molar refractivity (Wildman–Crippen MR) is 329 cm³/mol. The molecule has 0 saturated heterocycles. The summed E-state index contributed by atoms with van der Waals surface area (Å²) in [6.07, 6.45) is 91.0. The van der Waals surface area contributed by atoms with Crippen LogP contribution in [0.2, 0.25) is 0 Å². The first-order valence-electron chi connectivity index (χ1n) is 30.5. The summed E-state index contributed by atoms with van der Waals surface area (Å²) in [7, 11) is 0. The van der Waals surface area contributed by atoms with Crippen molar-refractivity contribution in [1.29, 1.82) is 0 Å². The molecule has 76 heavy (non-hydrogen) atoms. The van der Waals surface area contributed by atoms with Gasteiger partial charge in [0.1, 0.15) is 13.2 Å². The smallest absolute Gasteiger partial charge is 0.306 e. The van der Waals surface area contributed by atoms with Crippen LogP contribution in [-0.2, 0) is 28.6 Å². The van der Waals surface area contributed by atoms with Crippen molar-refractivity contribution in [3.63, 3.8) is 0 Å². The van der Waals surface area contributed by atoms with E-state index in [1.807, 2.05) is 0 Å². The molecule has 0 saturated carbocycles. The molecule has 0 spiro atoms. The normalized spacial score (nSPS) is 13.2. The van der Waals surface area contributed by atoms with Crippen molar-refractivity contribution in [3.05, 3.63) is 158 Å². The summed E-state index contributed by atoms with van der Waals surface area (Å²) < 4.78 is 16.8. The fraction of sp³-hybridized carbons (Fsp3) is 0.586. The minimum absolute atomic E-state index is 0.112. The van der Waals surface area contributed by atoms with Gasteiger partial charge in [-0.05, 0) is 128 Å². The molecule has 0 bridgehead atoms. The van der Waals surface area contributed by atoms with Gasteiger partial charge in [-0.1, -0.05) is 256 Å². The van der Waals surface area contributed by atoms with Crippen LogP contribution in [0.5, 0.6) is 0 Å². The maximum atomic E-state index is 12.9. The van der Waals surface area contributed by atoms with Gasteiger partial charge in [0.25, 0.3) is 0 Å². The van der Waals surface area contributed by atoms with Gasteiger partial charge >= 0.3 is 17.9 Å². The van der Waals surface area contributed by atoms with Gasteiger partial charge in [0.2, 0.25) is 0 Å². The second kappa shape index (κ2) is 62.6. The second-order valence-corrected chi connectivity index (χ2v) is 19.5. The molecule has 426 valence electrons. The highest BCUT2D eigenvalue weighted by molar-refractivity contribution is 5.71. The van der Waals surface area contributed by atoms with E-state index in [2.05, 4.69) is 179 Å². The number of carbonyl (C=O) groups excluding carboxylic acids is 3. The first-order chi connectivity index (χ1) is 37.5. The van der Waals surface area contributed by atoms with Crippen molar-refractivity contribution in [3.8, 4) is 0 Å². The van der Waals surface area contributed by atoms with Gasteiger partial charge < -0.3 is 14.2 Å². The number of unbranched alkanes of at least 4 members (excludes halogenated alkanes) is 16. The lowest BCUT2D eigenvalue weighted by Gasteiger charge is -2.18. The highest BCUT2D eigenvalue weighted by Gasteiger charge is 2.19. The molecule has 0 aliphatic carbocycles. The Morgan fingerprint density at radius 2 is 0.513 bits per heavy atom. The van der Waals surface area contributed by atoms with E-state index in [-0.39, 0.29) is 37.5 Å². The van der Waals surface area contributed by atoms with Crippen LogP contribution in [-0.4, -0.2) is 37.2 Å². The third kappa shape index (κ3) is 59.9. The zero-order valence-electron chi connectivity index (χ0n) is 48.7. The van der Waals surface area contributed by atoms with Crippen molar-refractivity contribution in [1.82, 2.24) is 0 Å². The molecule has 1 atom stereocenters.